The van der Waals surface area contributed by atoms with Crippen LogP contribution in [0.2, 0.25) is 0 Å². The summed E-state index contributed by atoms with van der Waals surface area (Å²) in [5, 5.41) is 0. The van der Waals surface area contributed by atoms with Crippen LogP contribution in [-0.4, -0.2) is 40.1 Å². The van der Waals surface area contributed by atoms with E-state index < -0.39 is 51.5 Å². The maximum atomic E-state index is 11.5. The zero-order valence-corrected chi connectivity index (χ0v) is 12.5. The van der Waals surface area contributed by atoms with E-state index in [4.69, 9.17) is 9.11 Å². The monoisotopic (exact) mass is 345 g/mol. The highest BCUT2D eigenvalue weighted by Crippen LogP contribution is 2.29. The molecule has 1 aromatic carbocycles. The molecule has 0 aliphatic rings. The molecule has 0 aromatic heterocycles. The standard InChI is InChI=1S/C8H11NO8S3/c1-2-18(10,11)9-8-6(19(12,13)14)4-3-5-7(8)20(15,16)17/h3-5,9H,2H2,1H3,(H,12,13,14)(H,15,16,17). The molecular formula is C8H11NO8S3. The zero-order valence-electron chi connectivity index (χ0n) is 10.0. The normalized spacial score (nSPS) is 13.2. The second-order valence-corrected chi connectivity index (χ2v) is 8.38. The fourth-order valence-electron chi connectivity index (χ4n) is 1.27. The van der Waals surface area contributed by atoms with Crippen molar-refractivity contribution < 1.29 is 34.4 Å². The summed E-state index contributed by atoms with van der Waals surface area (Å²) in [4.78, 5) is -1.96. The molecule has 1 rings (SSSR count). The molecule has 20 heavy (non-hydrogen) atoms. The van der Waals surface area contributed by atoms with Gasteiger partial charge in [0, 0.05) is 0 Å². The molecule has 0 bridgehead atoms. The Morgan fingerprint density at radius 2 is 1.35 bits per heavy atom. The lowest BCUT2D eigenvalue weighted by atomic mass is 10.3. The molecule has 0 saturated carbocycles. The summed E-state index contributed by atoms with van der Waals surface area (Å²) < 4.78 is 87.2. The van der Waals surface area contributed by atoms with Gasteiger partial charge in [-0.1, -0.05) is 6.07 Å². The minimum absolute atomic E-state index is 0.474. The van der Waals surface area contributed by atoms with Crippen LogP contribution in [0.3, 0.4) is 0 Å². The summed E-state index contributed by atoms with van der Waals surface area (Å²) in [5.41, 5.74) is -0.931. The van der Waals surface area contributed by atoms with Crippen molar-refractivity contribution in [1.82, 2.24) is 0 Å². The average Bonchev–Trinajstić information content (AvgIpc) is 2.25. The highest BCUT2D eigenvalue weighted by molar-refractivity contribution is 7.93. The summed E-state index contributed by atoms with van der Waals surface area (Å²) in [6, 6.07) is 2.50. The van der Waals surface area contributed by atoms with Crippen LogP contribution in [-0.2, 0) is 30.3 Å². The van der Waals surface area contributed by atoms with Gasteiger partial charge in [-0.3, -0.25) is 13.8 Å². The molecule has 1 aromatic rings. The number of rotatable bonds is 5. The first-order valence-corrected chi connectivity index (χ1v) is 9.50. The van der Waals surface area contributed by atoms with Crippen molar-refractivity contribution >= 4 is 35.9 Å². The predicted molar refractivity (Wildman–Crippen MR) is 69.2 cm³/mol. The van der Waals surface area contributed by atoms with Crippen LogP contribution in [0.15, 0.2) is 28.0 Å². The van der Waals surface area contributed by atoms with E-state index in [1.54, 1.807) is 4.72 Å². The molecule has 3 N–H and O–H groups in total. The fraction of sp³-hybridized carbons (Fsp3) is 0.250. The average molecular weight is 345 g/mol. The van der Waals surface area contributed by atoms with Crippen molar-refractivity contribution in [3.63, 3.8) is 0 Å². The van der Waals surface area contributed by atoms with Gasteiger partial charge < -0.3 is 0 Å². The maximum Gasteiger partial charge on any atom is 0.296 e. The molecule has 0 heterocycles. The summed E-state index contributed by atoms with van der Waals surface area (Å²) in [6.45, 7) is 1.23. The van der Waals surface area contributed by atoms with Crippen molar-refractivity contribution in [3.8, 4) is 0 Å². The van der Waals surface area contributed by atoms with E-state index in [1.807, 2.05) is 0 Å². The predicted octanol–water partition coefficient (Wildman–Crippen LogP) is -0.0584. The first-order chi connectivity index (χ1) is 8.88. The van der Waals surface area contributed by atoms with Gasteiger partial charge in [0.25, 0.3) is 20.2 Å². The molecule has 0 aliphatic heterocycles. The van der Waals surface area contributed by atoms with Crippen molar-refractivity contribution in [2.45, 2.75) is 16.7 Å². The number of benzene rings is 1. The van der Waals surface area contributed by atoms with Crippen LogP contribution in [0, 0.1) is 0 Å². The van der Waals surface area contributed by atoms with Crippen LogP contribution in [0.5, 0.6) is 0 Å². The Bertz CT molecular complexity index is 772. The van der Waals surface area contributed by atoms with Crippen LogP contribution in [0.4, 0.5) is 5.69 Å². The molecule has 0 unspecified atom stereocenters. The number of anilines is 1. The van der Waals surface area contributed by atoms with Gasteiger partial charge in [0.2, 0.25) is 10.0 Å². The highest BCUT2D eigenvalue weighted by Gasteiger charge is 2.26. The first kappa shape index (κ1) is 16.8. The Morgan fingerprint density at radius 1 is 0.950 bits per heavy atom. The van der Waals surface area contributed by atoms with E-state index in [0.717, 1.165) is 18.2 Å². The van der Waals surface area contributed by atoms with E-state index in [-0.39, 0.29) is 0 Å². The lowest BCUT2D eigenvalue weighted by Crippen LogP contribution is -2.19. The van der Waals surface area contributed by atoms with Crippen molar-refractivity contribution in [3.05, 3.63) is 18.2 Å². The van der Waals surface area contributed by atoms with Crippen molar-refractivity contribution in [2.75, 3.05) is 10.5 Å². The van der Waals surface area contributed by atoms with Gasteiger partial charge in [0.15, 0.2) is 0 Å². The van der Waals surface area contributed by atoms with Crippen LogP contribution >= 0.6 is 0 Å². The molecule has 0 aliphatic carbocycles. The Labute approximate surface area is 116 Å². The summed E-state index contributed by atoms with van der Waals surface area (Å²) >= 11 is 0. The lowest BCUT2D eigenvalue weighted by Gasteiger charge is -2.13. The molecule has 0 saturated heterocycles. The third-order valence-corrected chi connectivity index (χ3v) is 5.25. The third kappa shape index (κ3) is 3.89. The van der Waals surface area contributed by atoms with Gasteiger partial charge >= 0.3 is 0 Å². The van der Waals surface area contributed by atoms with Gasteiger partial charge in [-0.05, 0) is 19.1 Å². The minimum Gasteiger partial charge on any atom is -0.282 e. The Balaban J connectivity index is 3.76. The first-order valence-electron chi connectivity index (χ1n) is 4.97. The number of hydrogen-bond acceptors (Lipinski definition) is 6. The van der Waals surface area contributed by atoms with Crippen LogP contribution in [0.25, 0.3) is 0 Å². The van der Waals surface area contributed by atoms with E-state index >= 15 is 0 Å². The topological polar surface area (TPSA) is 155 Å². The largest absolute Gasteiger partial charge is 0.296 e. The smallest absolute Gasteiger partial charge is 0.282 e. The van der Waals surface area contributed by atoms with Crippen molar-refractivity contribution in [2.24, 2.45) is 0 Å². The summed E-state index contributed by atoms with van der Waals surface area (Å²) in [7, 11) is -13.8. The van der Waals surface area contributed by atoms with Crippen molar-refractivity contribution in [1.29, 1.82) is 0 Å². The maximum absolute atomic E-state index is 11.5. The van der Waals surface area contributed by atoms with Crippen LogP contribution in [0.1, 0.15) is 6.92 Å². The minimum atomic E-state index is -4.90. The number of nitrogens with one attached hydrogen (secondary N) is 1. The van der Waals surface area contributed by atoms with Crippen LogP contribution < -0.4 is 4.72 Å². The molecule has 0 spiro atoms. The second-order valence-electron chi connectivity index (χ2n) is 3.58. The lowest BCUT2D eigenvalue weighted by molar-refractivity contribution is 0.482. The summed E-state index contributed by atoms with van der Waals surface area (Å²) in [5.74, 6) is -0.474. The number of hydrogen-bond donors (Lipinski definition) is 3. The Kier molecular flexibility index (Phi) is 4.46. The highest BCUT2D eigenvalue weighted by atomic mass is 32.2. The molecular weight excluding hydrogens is 334 g/mol. The molecule has 0 atom stereocenters. The Hall–Kier alpha value is -1.21. The van der Waals surface area contributed by atoms with Gasteiger partial charge in [0.05, 0.1) is 11.4 Å². The van der Waals surface area contributed by atoms with E-state index in [0.29, 0.717) is 0 Å². The quantitative estimate of drug-likeness (QED) is 0.627. The van der Waals surface area contributed by atoms with Gasteiger partial charge in [0.1, 0.15) is 9.79 Å². The van der Waals surface area contributed by atoms with E-state index in [1.165, 1.54) is 6.92 Å². The molecule has 114 valence electrons. The zero-order chi connectivity index (χ0) is 15.8. The van der Waals surface area contributed by atoms with E-state index in [2.05, 4.69) is 0 Å². The van der Waals surface area contributed by atoms with E-state index in [9.17, 15) is 25.3 Å². The molecule has 12 heteroatoms. The SMILES string of the molecule is CCS(=O)(=O)Nc1c(S(=O)(=O)O)cccc1S(=O)(=O)O. The third-order valence-electron chi connectivity index (χ3n) is 2.18. The van der Waals surface area contributed by atoms with Gasteiger partial charge in [-0.2, -0.15) is 16.8 Å². The van der Waals surface area contributed by atoms with Gasteiger partial charge in [-0.15, -0.1) is 0 Å². The molecule has 0 radical (unpaired) electrons. The number of sulfonamides is 1. The number of para-hydroxylation sites is 1. The molecule has 0 fully saturated rings. The van der Waals surface area contributed by atoms with Gasteiger partial charge in [-0.25, -0.2) is 8.42 Å². The summed E-state index contributed by atoms with van der Waals surface area (Å²) in [6.07, 6.45) is 0. The molecule has 9 nitrogen and oxygen atoms in total. The molecule has 0 amide bonds. The second kappa shape index (κ2) is 5.29. The Morgan fingerprint density at radius 3 is 1.65 bits per heavy atom. The fourth-order valence-corrected chi connectivity index (χ4v) is 3.48.